The highest BCUT2D eigenvalue weighted by atomic mass is 19.1. The normalized spacial score (nSPS) is 20.6. The Morgan fingerprint density at radius 2 is 1.64 bits per heavy atom. The number of piperidine rings is 1. The second-order valence-electron chi connectivity index (χ2n) is 10.6. The van der Waals surface area contributed by atoms with Crippen LogP contribution in [0.4, 0.5) is 13.6 Å². The average molecular weight is 466 g/mol. The third kappa shape index (κ3) is 5.49. The Morgan fingerprint density at radius 3 is 2.15 bits per heavy atom. The van der Waals surface area contributed by atoms with Crippen molar-refractivity contribution in [3.8, 4) is 0 Å². The van der Waals surface area contributed by atoms with Crippen LogP contribution in [0.1, 0.15) is 71.7 Å². The van der Waals surface area contributed by atoms with Gasteiger partial charge in [-0.3, -0.25) is 4.79 Å². The number of alkyl carbamates (subject to hydrolysis) is 1. The number of rotatable bonds is 3. The molecule has 1 aromatic rings. The molecule has 0 aliphatic carbocycles. The summed E-state index contributed by atoms with van der Waals surface area (Å²) in [6.07, 6.45) is 0.371. The average Bonchev–Trinajstić information content (AvgIpc) is 2.87. The van der Waals surface area contributed by atoms with Gasteiger partial charge in [0.25, 0.3) is 5.91 Å². The van der Waals surface area contributed by atoms with E-state index in [4.69, 9.17) is 14.0 Å². The molecule has 2 saturated heterocycles. The van der Waals surface area contributed by atoms with Gasteiger partial charge in [0.1, 0.15) is 22.8 Å². The van der Waals surface area contributed by atoms with Crippen LogP contribution < -0.4 is 10.8 Å². The van der Waals surface area contributed by atoms with Crippen molar-refractivity contribution >= 4 is 24.6 Å². The number of hydrogen-bond acceptors (Lipinski definition) is 5. The zero-order valence-corrected chi connectivity index (χ0v) is 20.4. The molecule has 2 aliphatic heterocycles. The van der Waals surface area contributed by atoms with Crippen molar-refractivity contribution < 1.29 is 32.4 Å². The molecule has 0 aromatic heterocycles. The predicted molar refractivity (Wildman–Crippen MR) is 120 cm³/mol. The smallest absolute Gasteiger partial charge is 0.444 e. The number of nitrogens with zero attached hydrogens (tertiary/aromatic N) is 1. The molecule has 7 nitrogen and oxygen atoms in total. The zero-order chi connectivity index (χ0) is 24.8. The summed E-state index contributed by atoms with van der Waals surface area (Å²) in [6, 6.07) is 2.13. The van der Waals surface area contributed by atoms with Gasteiger partial charge in [0.2, 0.25) is 0 Å². The van der Waals surface area contributed by atoms with Gasteiger partial charge in [0.15, 0.2) is 0 Å². The zero-order valence-electron chi connectivity index (χ0n) is 20.4. The van der Waals surface area contributed by atoms with E-state index in [1.165, 1.54) is 11.0 Å². The molecule has 2 fully saturated rings. The summed E-state index contributed by atoms with van der Waals surface area (Å²) in [6.45, 7) is 13.1. The first-order valence-electron chi connectivity index (χ1n) is 11.2. The largest absolute Gasteiger partial charge is 0.497 e. The van der Waals surface area contributed by atoms with Crippen molar-refractivity contribution in [2.45, 2.75) is 84.2 Å². The summed E-state index contributed by atoms with van der Waals surface area (Å²) in [4.78, 5) is 26.4. The first kappa shape index (κ1) is 25.4. The van der Waals surface area contributed by atoms with E-state index in [9.17, 15) is 14.0 Å². The molecule has 182 valence electrons. The molecule has 33 heavy (non-hydrogen) atoms. The number of ether oxygens (including phenoxy) is 1. The van der Waals surface area contributed by atoms with Crippen LogP contribution in [0.25, 0.3) is 0 Å². The monoisotopic (exact) mass is 466 g/mol. The van der Waals surface area contributed by atoms with Gasteiger partial charge in [-0.25, -0.2) is 13.6 Å². The fourth-order valence-corrected chi connectivity index (χ4v) is 3.78. The minimum absolute atomic E-state index is 0.0140. The second kappa shape index (κ2) is 8.87. The van der Waals surface area contributed by atoms with Crippen molar-refractivity contribution in [1.29, 1.82) is 0 Å². The molecule has 10 heteroatoms. The number of carbonyl (C=O) groups excluding carboxylic acids is 2. The highest BCUT2D eigenvalue weighted by Crippen LogP contribution is 2.37. The van der Waals surface area contributed by atoms with Crippen LogP contribution >= 0.6 is 0 Å². The molecule has 3 rings (SSSR count). The van der Waals surface area contributed by atoms with Crippen LogP contribution in [0.5, 0.6) is 0 Å². The van der Waals surface area contributed by atoms with Gasteiger partial charge >= 0.3 is 13.2 Å². The molecular formula is C23H33BF2N2O5. The Morgan fingerprint density at radius 1 is 1.09 bits per heavy atom. The molecule has 0 spiro atoms. The van der Waals surface area contributed by atoms with Gasteiger partial charge in [0, 0.05) is 24.6 Å². The van der Waals surface area contributed by atoms with Crippen molar-refractivity contribution in [1.82, 2.24) is 10.2 Å². The van der Waals surface area contributed by atoms with Gasteiger partial charge < -0.3 is 24.3 Å². The molecule has 1 aromatic carbocycles. The van der Waals surface area contributed by atoms with E-state index < -0.39 is 53.1 Å². The third-order valence-corrected chi connectivity index (χ3v) is 6.35. The highest BCUT2D eigenvalue weighted by molar-refractivity contribution is 6.62. The Balaban J connectivity index is 1.70. The molecule has 2 heterocycles. The topological polar surface area (TPSA) is 77.1 Å². The van der Waals surface area contributed by atoms with Crippen LogP contribution in [0.2, 0.25) is 0 Å². The van der Waals surface area contributed by atoms with Crippen molar-refractivity contribution in [3.05, 3.63) is 29.3 Å². The lowest BCUT2D eigenvalue weighted by Gasteiger charge is -2.33. The number of amides is 2. The maximum atomic E-state index is 15.4. The summed E-state index contributed by atoms with van der Waals surface area (Å²) < 4.78 is 47.0. The predicted octanol–water partition coefficient (Wildman–Crippen LogP) is 3.39. The molecular weight excluding hydrogens is 433 g/mol. The summed E-state index contributed by atoms with van der Waals surface area (Å²) in [5, 5.41) is 2.78. The SMILES string of the molecule is CC(C)(C)OC(=O)NC1CCN(C(=O)c2c(F)ccc(B3OC(C)(C)C(C)(C)O3)c2F)CC1. The number of likely N-dealkylation sites (tertiary alicyclic amines) is 1. The van der Waals surface area contributed by atoms with E-state index in [1.54, 1.807) is 20.8 Å². The first-order valence-corrected chi connectivity index (χ1v) is 11.2. The van der Waals surface area contributed by atoms with Gasteiger partial charge in [-0.05, 0) is 67.4 Å². The molecule has 0 radical (unpaired) electrons. The molecule has 2 aliphatic rings. The summed E-state index contributed by atoms with van der Waals surface area (Å²) in [7, 11) is -1.05. The van der Waals surface area contributed by atoms with E-state index in [0.29, 0.717) is 12.8 Å². The standard InChI is InChI=1S/C23H33BF2N2O5/c1-21(2,3)31-20(30)27-14-10-12-28(13-11-14)19(29)17-16(25)9-8-15(18(17)26)24-32-22(4,5)23(6,7)33-24/h8-9,14H,10-13H2,1-7H3,(H,27,30). The van der Waals surface area contributed by atoms with E-state index in [1.807, 2.05) is 27.7 Å². The quantitative estimate of drug-likeness (QED) is 0.692. The molecule has 0 atom stereocenters. The Kier molecular flexibility index (Phi) is 6.83. The lowest BCUT2D eigenvalue weighted by atomic mass is 9.77. The lowest BCUT2D eigenvalue weighted by Crippen LogP contribution is -2.48. The Bertz CT molecular complexity index is 908. The summed E-state index contributed by atoms with van der Waals surface area (Å²) in [5.41, 5.74) is -2.66. The Labute approximate surface area is 194 Å². The summed E-state index contributed by atoms with van der Waals surface area (Å²) in [5.74, 6) is -2.65. The van der Waals surface area contributed by atoms with Crippen molar-refractivity contribution in [2.24, 2.45) is 0 Å². The van der Waals surface area contributed by atoms with Gasteiger partial charge in [0.05, 0.1) is 11.2 Å². The van der Waals surface area contributed by atoms with Gasteiger partial charge in [-0.1, -0.05) is 6.07 Å². The number of carbonyl (C=O) groups is 2. The molecule has 2 amide bonds. The minimum atomic E-state index is -1.05. The molecule has 0 saturated carbocycles. The van der Waals surface area contributed by atoms with E-state index >= 15 is 4.39 Å². The van der Waals surface area contributed by atoms with Crippen molar-refractivity contribution in [2.75, 3.05) is 13.1 Å². The second-order valence-corrected chi connectivity index (χ2v) is 10.6. The number of benzene rings is 1. The molecule has 0 bridgehead atoms. The molecule has 0 unspecified atom stereocenters. The van der Waals surface area contributed by atoms with Crippen LogP contribution in [0.3, 0.4) is 0 Å². The fourth-order valence-electron chi connectivity index (χ4n) is 3.78. The van der Waals surface area contributed by atoms with Crippen LogP contribution in [-0.4, -0.2) is 60.0 Å². The van der Waals surface area contributed by atoms with E-state index in [-0.39, 0.29) is 24.6 Å². The maximum absolute atomic E-state index is 15.4. The molecule has 1 N–H and O–H groups in total. The van der Waals surface area contributed by atoms with Crippen LogP contribution in [0.15, 0.2) is 12.1 Å². The number of halogens is 2. The first-order chi connectivity index (χ1) is 15.1. The maximum Gasteiger partial charge on any atom is 0.497 e. The van der Waals surface area contributed by atoms with Gasteiger partial charge in [-0.2, -0.15) is 0 Å². The fraction of sp³-hybridized carbons (Fsp3) is 0.652. The van der Waals surface area contributed by atoms with Crippen molar-refractivity contribution in [3.63, 3.8) is 0 Å². The summed E-state index contributed by atoms with van der Waals surface area (Å²) >= 11 is 0. The lowest BCUT2D eigenvalue weighted by molar-refractivity contribution is 0.00578. The highest BCUT2D eigenvalue weighted by Gasteiger charge is 2.53. The number of hydrogen-bond donors (Lipinski definition) is 1. The Hall–Kier alpha value is -2.20. The minimum Gasteiger partial charge on any atom is -0.444 e. The van der Waals surface area contributed by atoms with Crippen LogP contribution in [-0.2, 0) is 14.0 Å². The third-order valence-electron chi connectivity index (χ3n) is 6.35. The van der Waals surface area contributed by atoms with Gasteiger partial charge in [-0.15, -0.1) is 0 Å². The van der Waals surface area contributed by atoms with E-state index in [2.05, 4.69) is 5.32 Å². The van der Waals surface area contributed by atoms with Crippen LogP contribution in [0, 0.1) is 11.6 Å². The number of nitrogens with one attached hydrogen (secondary N) is 1. The van der Waals surface area contributed by atoms with E-state index in [0.717, 1.165) is 6.07 Å².